The lowest BCUT2D eigenvalue weighted by molar-refractivity contribution is 0.0115. The normalized spacial score (nSPS) is 18.2. The van der Waals surface area contributed by atoms with Gasteiger partial charge in [0.15, 0.2) is 0 Å². The first-order valence-electron chi connectivity index (χ1n) is 13.7. The van der Waals surface area contributed by atoms with Gasteiger partial charge in [0, 0.05) is 72.9 Å². The van der Waals surface area contributed by atoms with Crippen molar-refractivity contribution in [3.8, 4) is 22.5 Å². The van der Waals surface area contributed by atoms with E-state index in [-0.39, 0.29) is 13.0 Å². The van der Waals surface area contributed by atoms with Crippen molar-refractivity contribution in [2.75, 3.05) is 26.2 Å². The molecule has 0 spiro atoms. The van der Waals surface area contributed by atoms with E-state index >= 15 is 0 Å². The van der Waals surface area contributed by atoms with Crippen molar-refractivity contribution >= 4 is 16.6 Å². The highest BCUT2D eigenvalue weighted by molar-refractivity contribution is 5.95. The molecule has 0 amide bonds. The Morgan fingerprint density at radius 3 is 2.69 bits per heavy atom. The first-order valence-corrected chi connectivity index (χ1v) is 13.7. The third kappa shape index (κ3) is 5.26. The zero-order valence-electron chi connectivity index (χ0n) is 22.3. The van der Waals surface area contributed by atoms with E-state index in [2.05, 4.69) is 56.8 Å². The Morgan fingerprint density at radius 2 is 1.92 bits per heavy atom. The molecule has 2 aliphatic rings. The Kier molecular flexibility index (Phi) is 6.81. The van der Waals surface area contributed by atoms with Gasteiger partial charge in [-0.1, -0.05) is 18.7 Å². The molecule has 3 aromatic heterocycles. The molecule has 0 radical (unpaired) electrons. The standard InChI is InChI=1S/C31H34F2N6/c1-3-7-29(39-11-5-4-6-12-39)25-16-28(35-21(25)2)30-26-15-23(8-9-27(26)36-37-30)24-14-22(17-34-18-24)19-38-13-10-31(32,33)20-38/h3,7-9,14-18,35H,1,4-6,10-13,19-20H2,2H3,(H,36,37)/b29-7+. The summed E-state index contributed by atoms with van der Waals surface area (Å²) < 4.78 is 27.3. The van der Waals surface area contributed by atoms with Crippen LogP contribution in [0.5, 0.6) is 0 Å². The first kappa shape index (κ1) is 25.5. The molecule has 0 aliphatic carbocycles. The van der Waals surface area contributed by atoms with E-state index in [9.17, 15) is 8.78 Å². The van der Waals surface area contributed by atoms with Gasteiger partial charge in [-0.05, 0) is 67.7 Å². The van der Waals surface area contributed by atoms with Gasteiger partial charge in [-0.2, -0.15) is 5.10 Å². The number of halogens is 2. The summed E-state index contributed by atoms with van der Waals surface area (Å²) in [6.07, 6.45) is 11.2. The highest BCUT2D eigenvalue weighted by Crippen LogP contribution is 2.34. The fraction of sp³-hybridized carbons (Fsp3) is 0.355. The van der Waals surface area contributed by atoms with Crippen LogP contribution in [0.15, 0.2) is 61.5 Å². The maximum Gasteiger partial charge on any atom is 0.261 e. The van der Waals surface area contributed by atoms with Crippen LogP contribution >= 0.6 is 0 Å². The number of aromatic amines is 2. The molecule has 2 saturated heterocycles. The summed E-state index contributed by atoms with van der Waals surface area (Å²) in [6, 6.07) is 10.4. The van der Waals surface area contributed by atoms with Crippen LogP contribution in [0.1, 0.15) is 42.5 Å². The number of likely N-dealkylation sites (tertiary alicyclic amines) is 2. The zero-order valence-corrected chi connectivity index (χ0v) is 22.3. The van der Waals surface area contributed by atoms with Gasteiger partial charge in [-0.25, -0.2) is 8.78 Å². The molecule has 6 nitrogen and oxygen atoms in total. The fourth-order valence-corrected chi connectivity index (χ4v) is 5.89. The lowest BCUT2D eigenvalue weighted by Crippen LogP contribution is -2.28. The minimum absolute atomic E-state index is 0.0805. The van der Waals surface area contributed by atoms with Crippen LogP contribution in [-0.4, -0.2) is 62.1 Å². The molecule has 5 heterocycles. The van der Waals surface area contributed by atoms with Crippen LogP contribution in [0.25, 0.3) is 39.1 Å². The summed E-state index contributed by atoms with van der Waals surface area (Å²) in [5.74, 6) is -2.60. The van der Waals surface area contributed by atoms with Crippen molar-refractivity contribution in [1.29, 1.82) is 0 Å². The number of nitrogens with zero attached hydrogens (tertiary/aromatic N) is 4. The average molecular weight is 529 g/mol. The minimum atomic E-state index is -2.60. The van der Waals surface area contributed by atoms with Crippen LogP contribution in [0, 0.1) is 6.92 Å². The van der Waals surface area contributed by atoms with Gasteiger partial charge in [0.2, 0.25) is 0 Å². The number of fused-ring (bicyclic) bond motifs is 1. The molecule has 2 aliphatic heterocycles. The van der Waals surface area contributed by atoms with E-state index < -0.39 is 5.92 Å². The molecule has 0 saturated carbocycles. The molecular formula is C31H34F2N6. The van der Waals surface area contributed by atoms with E-state index in [0.29, 0.717) is 13.1 Å². The zero-order chi connectivity index (χ0) is 27.0. The van der Waals surface area contributed by atoms with E-state index in [1.54, 1.807) is 11.1 Å². The van der Waals surface area contributed by atoms with Gasteiger partial charge >= 0.3 is 0 Å². The van der Waals surface area contributed by atoms with E-state index in [0.717, 1.165) is 57.8 Å². The molecule has 1 aromatic carbocycles. The Balaban J connectivity index is 1.31. The van der Waals surface area contributed by atoms with Gasteiger partial charge in [0.25, 0.3) is 5.92 Å². The summed E-state index contributed by atoms with van der Waals surface area (Å²) in [7, 11) is 0. The third-order valence-electron chi connectivity index (χ3n) is 7.86. The van der Waals surface area contributed by atoms with Crippen LogP contribution in [0.4, 0.5) is 8.78 Å². The van der Waals surface area contributed by atoms with Crippen molar-refractivity contribution in [2.24, 2.45) is 0 Å². The first-order chi connectivity index (χ1) is 18.9. The Morgan fingerprint density at radius 1 is 1.08 bits per heavy atom. The molecule has 202 valence electrons. The number of aryl methyl sites for hydroxylation is 1. The second-order valence-electron chi connectivity index (χ2n) is 10.8. The quantitative estimate of drug-likeness (QED) is 0.260. The van der Waals surface area contributed by atoms with Crippen molar-refractivity contribution in [3.63, 3.8) is 0 Å². The van der Waals surface area contributed by atoms with Gasteiger partial charge in [-0.3, -0.25) is 15.0 Å². The Hall–Kier alpha value is -3.78. The monoisotopic (exact) mass is 528 g/mol. The van der Waals surface area contributed by atoms with Crippen molar-refractivity contribution in [1.82, 2.24) is 30.0 Å². The lowest BCUT2D eigenvalue weighted by atomic mass is 10.0. The number of piperidine rings is 1. The van der Waals surface area contributed by atoms with Crippen molar-refractivity contribution in [2.45, 2.75) is 45.1 Å². The predicted octanol–water partition coefficient (Wildman–Crippen LogP) is 6.78. The summed E-state index contributed by atoms with van der Waals surface area (Å²) in [5, 5.41) is 8.86. The number of rotatable bonds is 7. The molecule has 8 heteroatoms. The maximum absolute atomic E-state index is 13.7. The topological polar surface area (TPSA) is 63.8 Å². The summed E-state index contributed by atoms with van der Waals surface area (Å²) in [5.41, 5.74) is 9.13. The molecule has 4 aromatic rings. The Bertz CT molecular complexity index is 1530. The molecule has 39 heavy (non-hydrogen) atoms. The van der Waals surface area contributed by atoms with Crippen molar-refractivity contribution < 1.29 is 8.78 Å². The predicted molar refractivity (Wildman–Crippen MR) is 152 cm³/mol. The minimum Gasteiger partial charge on any atom is -0.371 e. The number of aromatic nitrogens is 4. The lowest BCUT2D eigenvalue weighted by Gasteiger charge is -2.31. The van der Waals surface area contributed by atoms with Gasteiger partial charge < -0.3 is 9.88 Å². The van der Waals surface area contributed by atoms with Gasteiger partial charge in [0.1, 0.15) is 5.69 Å². The molecule has 2 fully saturated rings. The van der Waals surface area contributed by atoms with Crippen molar-refractivity contribution in [3.05, 3.63) is 78.3 Å². The fourth-order valence-electron chi connectivity index (χ4n) is 5.89. The number of hydrogen-bond acceptors (Lipinski definition) is 4. The van der Waals surface area contributed by atoms with E-state index in [1.807, 2.05) is 30.5 Å². The number of pyridine rings is 1. The molecule has 0 atom stereocenters. The van der Waals surface area contributed by atoms with Crippen LogP contribution < -0.4 is 0 Å². The number of H-pyrrole nitrogens is 2. The number of benzene rings is 1. The van der Waals surface area contributed by atoms with E-state index in [1.165, 1.54) is 30.5 Å². The molecule has 2 N–H and O–H groups in total. The van der Waals surface area contributed by atoms with E-state index in [4.69, 9.17) is 0 Å². The highest BCUT2D eigenvalue weighted by Gasteiger charge is 2.37. The maximum atomic E-state index is 13.7. The number of nitrogens with one attached hydrogen (secondary N) is 2. The van der Waals surface area contributed by atoms with Crippen LogP contribution in [-0.2, 0) is 6.54 Å². The summed E-state index contributed by atoms with van der Waals surface area (Å²) in [4.78, 5) is 12.2. The molecule has 0 unspecified atom stereocenters. The number of allylic oxidation sites excluding steroid dienone is 2. The third-order valence-corrected chi connectivity index (χ3v) is 7.86. The smallest absolute Gasteiger partial charge is 0.261 e. The molecule has 0 bridgehead atoms. The number of alkyl halides is 2. The summed E-state index contributed by atoms with van der Waals surface area (Å²) in [6.45, 7) is 8.85. The largest absolute Gasteiger partial charge is 0.371 e. The SMILES string of the molecule is C=C/C=C(\c1cc(-c2n[nH]c3ccc(-c4cncc(CN5CCC(F)(F)C5)c4)cc23)[nH]c1C)N1CCCCC1. The molecule has 6 rings (SSSR count). The average Bonchev–Trinajstić information content (AvgIpc) is 3.63. The second kappa shape index (κ2) is 10.4. The second-order valence-corrected chi connectivity index (χ2v) is 10.8. The number of hydrogen-bond donors (Lipinski definition) is 2. The van der Waals surface area contributed by atoms with Gasteiger partial charge in [-0.15, -0.1) is 0 Å². The van der Waals surface area contributed by atoms with Gasteiger partial charge in [0.05, 0.1) is 17.8 Å². The van der Waals surface area contributed by atoms with Crippen LogP contribution in [0.2, 0.25) is 0 Å². The Labute approximate surface area is 227 Å². The summed E-state index contributed by atoms with van der Waals surface area (Å²) >= 11 is 0. The van der Waals surface area contributed by atoms with Crippen LogP contribution in [0.3, 0.4) is 0 Å². The highest BCUT2D eigenvalue weighted by atomic mass is 19.3. The molecular weight excluding hydrogens is 494 g/mol.